The van der Waals surface area contributed by atoms with E-state index in [1.54, 1.807) is 0 Å². The van der Waals surface area contributed by atoms with Crippen LogP contribution in [0.3, 0.4) is 0 Å². The lowest BCUT2D eigenvalue weighted by atomic mass is 10.0. The molecule has 1 aromatic rings. The second-order valence-corrected chi connectivity index (χ2v) is 6.27. The van der Waals surface area contributed by atoms with Gasteiger partial charge in [0.1, 0.15) is 23.3 Å². The summed E-state index contributed by atoms with van der Waals surface area (Å²) in [6.07, 6.45) is 3.24. The van der Waals surface area contributed by atoms with Gasteiger partial charge in [0.15, 0.2) is 5.03 Å². The number of nitriles is 2. The minimum absolute atomic E-state index is 0.0671. The number of anilines is 1. The number of nitrogens with one attached hydrogen (secondary N) is 1. The zero-order valence-corrected chi connectivity index (χ0v) is 13.2. The van der Waals surface area contributed by atoms with Crippen molar-refractivity contribution in [1.82, 2.24) is 4.90 Å². The normalized spacial score (nSPS) is 17.6. The second-order valence-electron chi connectivity index (χ2n) is 5.28. The summed E-state index contributed by atoms with van der Waals surface area (Å²) in [5, 5.41) is 18.6. The number of aromatic nitrogens is 1. The summed E-state index contributed by atoms with van der Waals surface area (Å²) in [4.78, 5) is 17.1. The van der Waals surface area contributed by atoms with Gasteiger partial charge in [-0.05, 0) is 32.3 Å². The van der Waals surface area contributed by atoms with Crippen molar-refractivity contribution in [3.8, 4) is 12.1 Å². The van der Waals surface area contributed by atoms with Gasteiger partial charge < -0.3 is 4.90 Å². The third-order valence-electron chi connectivity index (χ3n) is 3.78. The number of nitrogen functional groups attached to an aromatic ring is 1. The molecule has 0 unspecified atom stereocenters. The van der Waals surface area contributed by atoms with Crippen molar-refractivity contribution in [1.29, 1.82) is 10.5 Å². The van der Waals surface area contributed by atoms with E-state index >= 15 is 0 Å². The molecule has 0 aromatic carbocycles. The first-order chi connectivity index (χ1) is 10.6. The molecule has 0 saturated carbocycles. The van der Waals surface area contributed by atoms with Gasteiger partial charge >= 0.3 is 0 Å². The molecule has 1 aliphatic rings. The van der Waals surface area contributed by atoms with Crippen LogP contribution in [0.1, 0.15) is 37.3 Å². The third-order valence-corrected chi connectivity index (χ3v) is 4.78. The predicted octanol–water partition coefficient (Wildman–Crippen LogP) is 1.32. The molecule has 2 heterocycles. The fourth-order valence-corrected chi connectivity index (χ4v) is 3.40. The van der Waals surface area contributed by atoms with E-state index in [1.807, 2.05) is 17.0 Å². The lowest BCUT2D eigenvalue weighted by Crippen LogP contribution is -2.43. The number of aromatic amines is 1. The lowest BCUT2D eigenvalue weighted by molar-refractivity contribution is -0.410. The van der Waals surface area contributed by atoms with Crippen LogP contribution in [-0.4, -0.2) is 29.1 Å². The lowest BCUT2D eigenvalue weighted by Gasteiger charge is -2.33. The molecule has 1 aliphatic heterocycles. The molecule has 1 atom stereocenters. The van der Waals surface area contributed by atoms with Crippen LogP contribution >= 0.6 is 11.8 Å². The number of carbonyl (C=O) groups excluding carboxylic acids is 1. The van der Waals surface area contributed by atoms with Gasteiger partial charge in [0.2, 0.25) is 5.91 Å². The van der Waals surface area contributed by atoms with Crippen molar-refractivity contribution in [2.75, 3.05) is 18.0 Å². The van der Waals surface area contributed by atoms with E-state index in [2.05, 4.69) is 11.9 Å². The summed E-state index contributed by atoms with van der Waals surface area (Å²) in [5.74, 6) is 0.529. The maximum atomic E-state index is 12.3. The summed E-state index contributed by atoms with van der Waals surface area (Å²) in [6.45, 7) is 2.86. The van der Waals surface area contributed by atoms with E-state index in [0.717, 1.165) is 25.8 Å². The number of rotatable bonds is 3. The highest BCUT2D eigenvalue weighted by atomic mass is 32.2. The van der Waals surface area contributed by atoms with Crippen molar-refractivity contribution in [3.63, 3.8) is 0 Å². The van der Waals surface area contributed by atoms with Crippen LogP contribution in [0.4, 0.5) is 5.82 Å². The molecule has 0 radical (unpaired) electrons. The molecule has 0 bridgehead atoms. The first-order valence-corrected chi connectivity index (χ1v) is 8.13. The first-order valence-electron chi connectivity index (χ1n) is 7.15. The summed E-state index contributed by atoms with van der Waals surface area (Å²) in [7, 11) is 0. The maximum Gasteiger partial charge on any atom is 0.289 e. The smallest absolute Gasteiger partial charge is 0.289 e. The van der Waals surface area contributed by atoms with Crippen molar-refractivity contribution in [2.45, 2.75) is 37.3 Å². The molecule has 1 aromatic heterocycles. The Morgan fingerprint density at radius 1 is 1.45 bits per heavy atom. The number of nitrogens with two attached hydrogens (primary N) is 1. The van der Waals surface area contributed by atoms with Crippen LogP contribution < -0.4 is 10.7 Å². The highest BCUT2D eigenvalue weighted by Gasteiger charge is 2.24. The molecular weight excluding hydrogens is 298 g/mol. The van der Waals surface area contributed by atoms with Gasteiger partial charge in [-0.3, -0.25) is 10.5 Å². The summed E-state index contributed by atoms with van der Waals surface area (Å²) in [6, 6.07) is 5.67. The van der Waals surface area contributed by atoms with Crippen molar-refractivity contribution < 1.29 is 9.78 Å². The fourth-order valence-electron chi connectivity index (χ4n) is 2.52. The van der Waals surface area contributed by atoms with Gasteiger partial charge in [0.05, 0.1) is 5.75 Å². The molecular formula is C15H18N5OS+. The SMILES string of the molecule is C[C@H]1CCCCN1C(=O)CSc1[nH+]c(N)c(C#N)cc1C#N. The molecule has 0 spiro atoms. The van der Waals surface area contributed by atoms with Crippen molar-refractivity contribution in [2.24, 2.45) is 0 Å². The molecule has 7 heteroatoms. The Balaban J connectivity index is 2.08. The quantitative estimate of drug-likeness (QED) is 0.846. The summed E-state index contributed by atoms with van der Waals surface area (Å²) >= 11 is 1.25. The van der Waals surface area contributed by atoms with Gasteiger partial charge in [-0.2, -0.15) is 10.5 Å². The number of carbonyl (C=O) groups is 1. The number of nitrogens with zero attached hydrogens (tertiary/aromatic N) is 3. The molecule has 22 heavy (non-hydrogen) atoms. The highest BCUT2D eigenvalue weighted by molar-refractivity contribution is 7.99. The first kappa shape index (κ1) is 16.1. The van der Waals surface area contributed by atoms with Crippen molar-refractivity contribution in [3.05, 3.63) is 17.2 Å². The summed E-state index contributed by atoms with van der Waals surface area (Å²) < 4.78 is 0. The van der Waals surface area contributed by atoms with E-state index in [9.17, 15) is 4.79 Å². The zero-order valence-electron chi connectivity index (χ0n) is 12.4. The van der Waals surface area contributed by atoms with Gasteiger partial charge in [0, 0.05) is 12.6 Å². The van der Waals surface area contributed by atoms with Crippen LogP contribution in [0.2, 0.25) is 0 Å². The zero-order chi connectivity index (χ0) is 16.1. The maximum absolute atomic E-state index is 12.3. The number of hydrogen-bond acceptors (Lipinski definition) is 5. The average molecular weight is 316 g/mol. The largest absolute Gasteiger partial charge is 0.339 e. The van der Waals surface area contributed by atoms with Crippen LogP contribution in [0, 0.1) is 22.7 Å². The molecule has 2 rings (SSSR count). The molecule has 1 saturated heterocycles. The molecule has 114 valence electrons. The number of piperidine rings is 1. The van der Waals surface area contributed by atoms with Gasteiger partial charge in [0.25, 0.3) is 5.82 Å². The van der Waals surface area contributed by atoms with Crippen LogP contribution in [0.15, 0.2) is 11.1 Å². The van der Waals surface area contributed by atoms with E-state index in [0.29, 0.717) is 10.6 Å². The topological polar surface area (TPSA) is 108 Å². The van der Waals surface area contributed by atoms with E-state index in [1.165, 1.54) is 17.8 Å². The Morgan fingerprint density at radius 3 is 2.82 bits per heavy atom. The average Bonchev–Trinajstić information content (AvgIpc) is 2.53. The Kier molecular flexibility index (Phi) is 5.24. The highest BCUT2D eigenvalue weighted by Crippen LogP contribution is 2.23. The molecule has 1 fully saturated rings. The van der Waals surface area contributed by atoms with E-state index in [4.69, 9.17) is 16.3 Å². The second kappa shape index (κ2) is 7.15. The Morgan fingerprint density at radius 2 is 2.18 bits per heavy atom. The molecule has 3 N–H and O–H groups in total. The van der Waals surface area contributed by atoms with Crippen LogP contribution in [-0.2, 0) is 4.79 Å². The minimum Gasteiger partial charge on any atom is -0.339 e. The Hall–Kier alpha value is -2.25. The van der Waals surface area contributed by atoms with Crippen molar-refractivity contribution >= 4 is 23.5 Å². The predicted molar refractivity (Wildman–Crippen MR) is 82.6 cm³/mol. The number of thioether (sulfide) groups is 1. The fraction of sp³-hybridized carbons (Fsp3) is 0.467. The molecule has 0 aliphatic carbocycles. The Bertz CT molecular complexity index is 661. The number of hydrogen-bond donors (Lipinski definition) is 1. The number of H-pyrrole nitrogens is 1. The van der Waals surface area contributed by atoms with E-state index < -0.39 is 0 Å². The Labute approximate surface area is 133 Å². The number of amides is 1. The third kappa shape index (κ3) is 3.49. The standard InChI is InChI=1S/C15H17N5OS/c1-10-4-2-3-5-20(10)13(21)9-22-15-12(8-17)6-11(7-16)14(18)19-15/h6,10H,2-5,9H2,1H3,(H2,18,19)/p+1/t10-/m0/s1. The van der Waals surface area contributed by atoms with Gasteiger partial charge in [-0.1, -0.05) is 11.8 Å². The number of pyridine rings is 1. The summed E-state index contributed by atoms with van der Waals surface area (Å²) in [5.41, 5.74) is 6.29. The monoisotopic (exact) mass is 316 g/mol. The van der Waals surface area contributed by atoms with Crippen LogP contribution in [0.25, 0.3) is 0 Å². The van der Waals surface area contributed by atoms with Crippen LogP contribution in [0.5, 0.6) is 0 Å². The molecule has 1 amide bonds. The van der Waals surface area contributed by atoms with Gasteiger partial charge in [-0.25, -0.2) is 4.98 Å². The number of likely N-dealkylation sites (tertiary alicyclic amines) is 1. The van der Waals surface area contributed by atoms with Gasteiger partial charge in [-0.15, -0.1) is 0 Å². The minimum atomic E-state index is 0.0671. The molecule has 6 nitrogen and oxygen atoms in total. The van der Waals surface area contributed by atoms with E-state index in [-0.39, 0.29) is 29.1 Å².